The number of anilines is 1. The molecule has 3 N–H and O–H groups in total. The Hall–Kier alpha value is -2.85. The van der Waals surface area contributed by atoms with Crippen molar-refractivity contribution in [2.24, 2.45) is 11.8 Å². The lowest BCUT2D eigenvalue weighted by Crippen LogP contribution is -2.49. The highest BCUT2D eigenvalue weighted by atomic mass is 35.5. The number of carbonyl (C=O) groups is 1. The van der Waals surface area contributed by atoms with Gasteiger partial charge in [-0.25, -0.2) is 4.72 Å². The van der Waals surface area contributed by atoms with Gasteiger partial charge in [0, 0.05) is 35.6 Å². The zero-order valence-electron chi connectivity index (χ0n) is 23.9. The molecule has 1 saturated carbocycles. The standard InChI is InChI=1S/C32H40ClN3O5S/c1-3-5-6-16-34-42(39,40)35-31(38)23-10-14-30-28(18-23)36(19-24-9-12-26(24)29(37)4-2)20-32(21-41-30)15-7-8-22-17-25(33)11-13-27(22)32/h3-4,10-11,13-14,17-18,24,26,29,34,37H,1-2,5-9,12,15-16,19-21H2,(H,35,38)/t24-,26+,29?,32-/m0/s1. The number of amides is 1. The van der Waals surface area contributed by atoms with Gasteiger partial charge in [-0.05, 0) is 98.2 Å². The van der Waals surface area contributed by atoms with Crippen molar-refractivity contribution < 1.29 is 23.1 Å². The van der Waals surface area contributed by atoms with Gasteiger partial charge in [0.1, 0.15) is 5.75 Å². The highest BCUT2D eigenvalue weighted by molar-refractivity contribution is 7.88. The fourth-order valence-electron chi connectivity index (χ4n) is 6.65. The average Bonchev–Trinajstić information content (AvgIpc) is 3.10. The van der Waals surface area contributed by atoms with E-state index >= 15 is 0 Å². The Balaban J connectivity index is 1.45. The van der Waals surface area contributed by atoms with Crippen molar-refractivity contribution in [2.75, 3.05) is 31.1 Å². The number of hydrogen-bond donors (Lipinski definition) is 3. The first-order valence-electron chi connectivity index (χ1n) is 14.7. The molecule has 1 spiro atoms. The number of aliphatic hydroxyl groups is 1. The van der Waals surface area contributed by atoms with Crippen LogP contribution in [0.25, 0.3) is 0 Å². The maximum absolute atomic E-state index is 13.1. The summed E-state index contributed by atoms with van der Waals surface area (Å²) in [6.07, 6.45) is 8.83. The van der Waals surface area contributed by atoms with Gasteiger partial charge in [-0.15, -0.1) is 13.2 Å². The summed E-state index contributed by atoms with van der Waals surface area (Å²) in [5.74, 6) is 0.295. The largest absolute Gasteiger partial charge is 0.490 e. The molecule has 0 radical (unpaired) electrons. The van der Waals surface area contributed by atoms with Gasteiger partial charge in [0.2, 0.25) is 0 Å². The number of hydrogen-bond acceptors (Lipinski definition) is 6. The zero-order valence-corrected chi connectivity index (χ0v) is 25.4. The predicted octanol–water partition coefficient (Wildman–Crippen LogP) is 4.92. The van der Waals surface area contributed by atoms with Crippen molar-refractivity contribution >= 4 is 33.4 Å². The van der Waals surface area contributed by atoms with Gasteiger partial charge in [-0.3, -0.25) is 4.79 Å². The molecule has 1 amide bonds. The van der Waals surface area contributed by atoms with Crippen LogP contribution in [0.15, 0.2) is 61.7 Å². The third kappa shape index (κ3) is 6.54. The lowest BCUT2D eigenvalue weighted by Gasteiger charge is -2.45. The van der Waals surface area contributed by atoms with E-state index in [1.165, 1.54) is 11.1 Å². The molecule has 2 aromatic carbocycles. The summed E-state index contributed by atoms with van der Waals surface area (Å²) in [6.45, 7) is 9.43. The minimum Gasteiger partial charge on any atom is -0.490 e. The van der Waals surface area contributed by atoms with Crippen LogP contribution in [0, 0.1) is 11.8 Å². The molecule has 3 aliphatic rings. The topological polar surface area (TPSA) is 108 Å². The van der Waals surface area contributed by atoms with Crippen LogP contribution in [0.1, 0.15) is 60.0 Å². The van der Waals surface area contributed by atoms with Crippen LogP contribution >= 0.6 is 11.6 Å². The molecule has 5 rings (SSSR count). The highest BCUT2D eigenvalue weighted by Crippen LogP contribution is 2.46. The second kappa shape index (κ2) is 12.8. The number of ether oxygens (including phenoxy) is 1. The van der Waals surface area contributed by atoms with Crippen LogP contribution < -0.4 is 19.1 Å². The molecule has 1 fully saturated rings. The minimum atomic E-state index is -4.02. The highest BCUT2D eigenvalue weighted by Gasteiger charge is 2.44. The number of nitrogens with one attached hydrogen (secondary N) is 2. The number of aryl methyl sites for hydroxylation is 1. The van der Waals surface area contributed by atoms with Gasteiger partial charge < -0.3 is 14.7 Å². The van der Waals surface area contributed by atoms with Crippen molar-refractivity contribution in [1.29, 1.82) is 0 Å². The molecule has 0 bridgehead atoms. The van der Waals surface area contributed by atoms with Crippen molar-refractivity contribution in [3.05, 3.63) is 83.4 Å². The van der Waals surface area contributed by atoms with E-state index in [0.717, 1.165) is 42.8 Å². The summed E-state index contributed by atoms with van der Waals surface area (Å²) < 4.78 is 36.0. The van der Waals surface area contributed by atoms with E-state index in [2.05, 4.69) is 39.6 Å². The van der Waals surface area contributed by atoms with Gasteiger partial charge in [0.25, 0.3) is 5.91 Å². The molecule has 1 aliphatic heterocycles. The number of fused-ring (bicyclic) bond motifs is 3. The van der Waals surface area contributed by atoms with Crippen LogP contribution in [0.3, 0.4) is 0 Å². The SMILES string of the molecule is C=CCCCNS(=O)(=O)NC(=O)c1ccc2c(c1)N(C[C@@H]1CC[C@H]1C(O)C=C)C[C@@]1(CCCc3cc(Cl)ccc31)CO2. The first kappa shape index (κ1) is 30.6. The van der Waals surface area contributed by atoms with Crippen LogP contribution in [-0.4, -0.2) is 51.8 Å². The van der Waals surface area contributed by atoms with Gasteiger partial charge >= 0.3 is 10.2 Å². The molecule has 2 aromatic rings. The van der Waals surface area contributed by atoms with Gasteiger partial charge in [-0.2, -0.15) is 13.1 Å². The normalized spacial score (nSPS) is 23.9. The monoisotopic (exact) mass is 613 g/mol. The van der Waals surface area contributed by atoms with Crippen molar-refractivity contribution in [1.82, 2.24) is 9.44 Å². The van der Waals surface area contributed by atoms with Crippen LogP contribution in [0.4, 0.5) is 5.69 Å². The molecule has 0 saturated heterocycles. The molecule has 1 heterocycles. The number of rotatable bonds is 11. The number of allylic oxidation sites excluding steroid dienone is 1. The van der Waals surface area contributed by atoms with Gasteiger partial charge in [-0.1, -0.05) is 29.8 Å². The van der Waals surface area contributed by atoms with Crippen LogP contribution in [0.5, 0.6) is 5.75 Å². The lowest BCUT2D eigenvalue weighted by atomic mass is 9.68. The summed E-state index contributed by atoms with van der Waals surface area (Å²) in [5.41, 5.74) is 3.16. The molecule has 226 valence electrons. The summed E-state index contributed by atoms with van der Waals surface area (Å²) in [4.78, 5) is 15.4. The first-order chi connectivity index (χ1) is 20.1. The zero-order chi connectivity index (χ0) is 29.9. The van der Waals surface area contributed by atoms with Crippen molar-refractivity contribution in [3.63, 3.8) is 0 Å². The van der Waals surface area contributed by atoms with E-state index in [9.17, 15) is 18.3 Å². The third-order valence-corrected chi connectivity index (χ3v) is 10.3. The molecule has 0 aromatic heterocycles. The summed E-state index contributed by atoms with van der Waals surface area (Å²) in [5, 5.41) is 11.3. The summed E-state index contributed by atoms with van der Waals surface area (Å²) in [6, 6.07) is 11.2. The van der Waals surface area contributed by atoms with Gasteiger partial charge in [0.05, 0.1) is 18.4 Å². The number of carbonyl (C=O) groups excluding carboxylic acids is 1. The quantitative estimate of drug-likeness (QED) is 0.245. The van der Waals surface area contributed by atoms with E-state index in [1.54, 1.807) is 30.4 Å². The average molecular weight is 614 g/mol. The molecule has 8 nitrogen and oxygen atoms in total. The molecule has 1 unspecified atom stereocenters. The Morgan fingerprint density at radius 3 is 2.81 bits per heavy atom. The number of halogens is 1. The first-order valence-corrected chi connectivity index (χ1v) is 16.5. The summed E-state index contributed by atoms with van der Waals surface area (Å²) >= 11 is 6.37. The van der Waals surface area contributed by atoms with E-state index in [1.807, 2.05) is 6.07 Å². The fraction of sp³-hybridized carbons (Fsp3) is 0.469. The smallest absolute Gasteiger partial charge is 0.301 e. The van der Waals surface area contributed by atoms with E-state index in [4.69, 9.17) is 16.3 Å². The lowest BCUT2D eigenvalue weighted by molar-refractivity contribution is 0.0460. The number of nitrogens with zero attached hydrogens (tertiary/aromatic N) is 1. The Morgan fingerprint density at radius 1 is 1.24 bits per heavy atom. The van der Waals surface area contributed by atoms with Crippen molar-refractivity contribution in [2.45, 2.75) is 56.5 Å². The number of benzene rings is 2. The number of unbranched alkanes of at least 4 members (excludes halogenated alkanes) is 1. The van der Waals surface area contributed by atoms with Crippen LogP contribution in [0.2, 0.25) is 5.02 Å². The molecule has 10 heteroatoms. The number of aliphatic hydroxyl groups excluding tert-OH is 1. The Labute approximate surface area is 254 Å². The molecule has 42 heavy (non-hydrogen) atoms. The van der Waals surface area contributed by atoms with Crippen molar-refractivity contribution in [3.8, 4) is 5.75 Å². The molecule has 2 aliphatic carbocycles. The maximum atomic E-state index is 13.1. The Kier molecular flexibility index (Phi) is 9.32. The molecular weight excluding hydrogens is 574 g/mol. The second-order valence-electron chi connectivity index (χ2n) is 11.8. The molecule has 4 atom stereocenters. The van der Waals surface area contributed by atoms with E-state index in [-0.39, 0.29) is 29.4 Å². The molecular formula is C32H40ClN3O5S. The predicted molar refractivity (Wildman–Crippen MR) is 166 cm³/mol. The fourth-order valence-corrected chi connectivity index (χ4v) is 7.70. The minimum absolute atomic E-state index is 0.118. The third-order valence-electron chi connectivity index (χ3n) is 9.01. The van der Waals surface area contributed by atoms with E-state index < -0.39 is 22.2 Å². The van der Waals surface area contributed by atoms with Gasteiger partial charge in [0.15, 0.2) is 0 Å². The Morgan fingerprint density at radius 2 is 2.07 bits per heavy atom. The maximum Gasteiger partial charge on any atom is 0.301 e. The van der Waals surface area contributed by atoms with Crippen LogP contribution in [-0.2, 0) is 22.0 Å². The summed E-state index contributed by atoms with van der Waals surface area (Å²) in [7, 11) is -4.02. The second-order valence-corrected chi connectivity index (χ2v) is 13.7. The van der Waals surface area contributed by atoms with E-state index in [0.29, 0.717) is 38.3 Å². The Bertz CT molecular complexity index is 1450.